The number of hydrogen-bond acceptors (Lipinski definition) is 4. The Morgan fingerprint density at radius 1 is 0.793 bits per heavy atom. The molecule has 4 nitrogen and oxygen atoms in total. The van der Waals surface area contributed by atoms with Gasteiger partial charge in [-0.15, -0.1) is 0 Å². The van der Waals surface area contributed by atoms with Gasteiger partial charge in [0.25, 0.3) is 10.1 Å². The average Bonchev–Trinajstić information content (AvgIpc) is 2.74. The number of hydrogen-bond donors (Lipinski definition) is 0. The van der Waals surface area contributed by atoms with Gasteiger partial charge in [-0.1, -0.05) is 59.2 Å². The fourth-order valence-electron chi connectivity index (χ4n) is 4.79. The molecule has 0 bridgehead atoms. The van der Waals surface area contributed by atoms with Crippen molar-refractivity contribution < 1.29 is 12.6 Å². The molecular weight excluding hydrogens is 414 g/mol. The molecule has 1 aromatic rings. The lowest BCUT2D eigenvalue weighted by atomic mass is 10.2. The Kier molecular flexibility index (Phi) is 10.8. The molecule has 29 heavy (non-hydrogen) atoms. The van der Waals surface area contributed by atoms with Crippen LogP contribution in [0.15, 0.2) is 29.2 Å². The second kappa shape index (κ2) is 11.8. The van der Waals surface area contributed by atoms with E-state index in [1.54, 1.807) is 12.1 Å². The van der Waals surface area contributed by atoms with Crippen molar-refractivity contribution in [1.82, 2.24) is 4.23 Å². The Morgan fingerprint density at radius 2 is 1.21 bits per heavy atom. The summed E-state index contributed by atoms with van der Waals surface area (Å²) in [5, 5.41) is 0. The first-order valence-corrected chi connectivity index (χ1v) is 18.0. The zero-order valence-corrected chi connectivity index (χ0v) is 22.6. The lowest BCUT2D eigenvalue weighted by molar-refractivity contribution is 0.303. The number of rotatable bonds is 14. The molecule has 0 aliphatic heterocycles. The van der Waals surface area contributed by atoms with Crippen molar-refractivity contribution >= 4 is 26.6 Å². The molecule has 0 atom stereocenters. The Balaban J connectivity index is 2.94. The topological polar surface area (TPSA) is 46.6 Å². The smallest absolute Gasteiger partial charge is 0.296 e. The van der Waals surface area contributed by atoms with Gasteiger partial charge in [-0.05, 0) is 68.3 Å². The first-order chi connectivity index (χ1) is 13.7. The molecule has 1 rings (SSSR count). The van der Waals surface area contributed by atoms with E-state index in [0.29, 0.717) is 0 Å². The zero-order valence-electron chi connectivity index (χ0n) is 19.8. The van der Waals surface area contributed by atoms with Gasteiger partial charge in [-0.3, -0.25) is 4.18 Å². The minimum atomic E-state index is -3.68. The largest absolute Gasteiger partial charge is 0.345 e. The van der Waals surface area contributed by atoms with E-state index in [9.17, 15) is 8.42 Å². The number of nitrogens with zero attached hydrogens (tertiary/aromatic N) is 1. The summed E-state index contributed by atoms with van der Waals surface area (Å²) in [5.74, 6) is 0. The van der Waals surface area contributed by atoms with E-state index in [2.05, 4.69) is 45.8 Å². The lowest BCUT2D eigenvalue weighted by Crippen LogP contribution is -2.66. The molecule has 0 unspecified atom stereocenters. The van der Waals surface area contributed by atoms with Gasteiger partial charge in [0, 0.05) is 0 Å². The van der Waals surface area contributed by atoms with Crippen LogP contribution in [-0.2, 0) is 14.3 Å². The molecule has 1 aromatic carbocycles. The second-order valence-corrected chi connectivity index (χ2v) is 20.4. The first-order valence-electron chi connectivity index (χ1n) is 11.4. The van der Waals surface area contributed by atoms with Gasteiger partial charge in [0.15, 0.2) is 0 Å². The number of aryl methyl sites for hydroxylation is 1. The van der Waals surface area contributed by atoms with E-state index in [0.717, 1.165) is 18.5 Å². The van der Waals surface area contributed by atoms with Gasteiger partial charge in [-0.25, -0.2) is 0 Å². The van der Waals surface area contributed by atoms with Crippen LogP contribution < -0.4 is 0 Å². The van der Waals surface area contributed by atoms with Crippen LogP contribution in [0.3, 0.4) is 0 Å². The zero-order chi connectivity index (χ0) is 22.1. The second-order valence-electron chi connectivity index (χ2n) is 8.16. The van der Waals surface area contributed by atoms with Gasteiger partial charge < -0.3 is 4.23 Å². The third-order valence-corrected chi connectivity index (χ3v) is 22.0. The van der Waals surface area contributed by atoms with E-state index in [4.69, 9.17) is 4.18 Å². The molecule has 7 heteroatoms. The van der Waals surface area contributed by atoms with Crippen LogP contribution >= 0.6 is 0 Å². The van der Waals surface area contributed by atoms with E-state index < -0.39 is 26.6 Å². The van der Waals surface area contributed by atoms with Crippen molar-refractivity contribution in [3.63, 3.8) is 0 Å². The molecule has 0 saturated carbocycles. The molecule has 0 amide bonds. The van der Waals surface area contributed by atoms with E-state index in [-0.39, 0.29) is 11.5 Å². The molecule has 0 aliphatic rings. The quantitative estimate of drug-likeness (QED) is 0.184. The molecule has 0 radical (unpaired) electrons. The van der Waals surface area contributed by atoms with Crippen molar-refractivity contribution in [2.45, 2.75) is 96.0 Å². The molecule has 0 aliphatic carbocycles. The van der Waals surface area contributed by atoms with Gasteiger partial charge in [0.05, 0.1) is 11.5 Å². The Bertz CT molecular complexity index is 663. The highest BCUT2D eigenvalue weighted by Crippen LogP contribution is 2.36. The van der Waals surface area contributed by atoms with Crippen molar-refractivity contribution in [2.75, 3.05) is 13.2 Å². The van der Waals surface area contributed by atoms with Crippen molar-refractivity contribution in [2.24, 2.45) is 0 Å². The highest BCUT2D eigenvalue weighted by Gasteiger charge is 2.45. The molecule has 0 saturated heterocycles. The summed E-state index contributed by atoms with van der Waals surface area (Å²) in [6, 6.07) is 14.5. The van der Waals surface area contributed by atoms with Gasteiger partial charge in [0.1, 0.15) is 16.5 Å². The summed E-state index contributed by atoms with van der Waals surface area (Å²) in [7, 11) is -6.72. The fourth-order valence-corrected chi connectivity index (χ4v) is 19.2. The van der Waals surface area contributed by atoms with Crippen LogP contribution in [0.1, 0.15) is 53.5 Å². The first kappa shape index (κ1) is 26.6. The normalized spacial score (nSPS) is 13.2. The highest BCUT2D eigenvalue weighted by atomic mass is 32.2. The minimum Gasteiger partial charge on any atom is -0.345 e. The van der Waals surface area contributed by atoms with Crippen molar-refractivity contribution in [3.8, 4) is 0 Å². The maximum atomic E-state index is 12.5. The number of benzene rings is 1. The molecule has 0 aromatic heterocycles. The van der Waals surface area contributed by atoms with E-state index in [1.165, 1.54) is 36.3 Å². The maximum absolute atomic E-state index is 12.5. The standard InChI is InChI=1S/C22H43NO3SSi2/c1-8-28(9-2,10-3)23(29(11-4,12-5)13-6)19-14-20-26-27(24,25)22-17-15-21(7)16-18-22/h15-18H,8-14,19-20H2,1-7H3. The SMILES string of the molecule is CC[Si](CC)(CC)N(CCCOS(=O)(=O)c1ccc(C)cc1)[Si](CC)(CC)CC. The summed E-state index contributed by atoms with van der Waals surface area (Å²) in [6.07, 6.45) is 0.772. The van der Waals surface area contributed by atoms with E-state index >= 15 is 0 Å². The third kappa shape index (κ3) is 6.26. The van der Waals surface area contributed by atoms with Crippen LogP contribution in [0.2, 0.25) is 36.3 Å². The highest BCUT2D eigenvalue weighted by molar-refractivity contribution is 7.86. The summed E-state index contributed by atoms with van der Waals surface area (Å²) in [4.78, 5) is 0.249. The van der Waals surface area contributed by atoms with Crippen LogP contribution in [0.5, 0.6) is 0 Å². The van der Waals surface area contributed by atoms with E-state index in [1.807, 2.05) is 19.1 Å². The van der Waals surface area contributed by atoms with Crippen LogP contribution in [0.25, 0.3) is 0 Å². The lowest BCUT2D eigenvalue weighted by Gasteiger charge is -2.52. The Hall–Kier alpha value is -0.476. The summed E-state index contributed by atoms with van der Waals surface area (Å²) in [5.41, 5.74) is 1.04. The van der Waals surface area contributed by atoms with Crippen LogP contribution in [-0.4, -0.2) is 42.3 Å². The molecule has 0 fully saturated rings. The van der Waals surface area contributed by atoms with Gasteiger partial charge in [0.2, 0.25) is 0 Å². The van der Waals surface area contributed by atoms with Crippen molar-refractivity contribution in [1.29, 1.82) is 0 Å². The van der Waals surface area contributed by atoms with Crippen molar-refractivity contribution in [3.05, 3.63) is 29.8 Å². The summed E-state index contributed by atoms with van der Waals surface area (Å²) in [6.45, 7) is 17.4. The van der Waals surface area contributed by atoms with Crippen LogP contribution in [0, 0.1) is 6.92 Å². The molecule has 0 N–H and O–H groups in total. The van der Waals surface area contributed by atoms with Gasteiger partial charge >= 0.3 is 0 Å². The summed E-state index contributed by atoms with van der Waals surface area (Å²) >= 11 is 0. The maximum Gasteiger partial charge on any atom is 0.296 e. The minimum absolute atomic E-state index is 0.249. The van der Waals surface area contributed by atoms with Gasteiger partial charge in [-0.2, -0.15) is 8.42 Å². The molecule has 168 valence electrons. The predicted molar refractivity (Wildman–Crippen MR) is 130 cm³/mol. The third-order valence-electron chi connectivity index (χ3n) is 7.17. The Morgan fingerprint density at radius 3 is 1.59 bits per heavy atom. The predicted octanol–water partition coefficient (Wildman–Crippen LogP) is 6.40. The van der Waals surface area contributed by atoms with Crippen LogP contribution in [0.4, 0.5) is 0 Å². The molecule has 0 spiro atoms. The molecule has 0 heterocycles. The monoisotopic (exact) mass is 457 g/mol. The fraction of sp³-hybridized carbons (Fsp3) is 0.727. The Labute approximate surface area is 182 Å². The average molecular weight is 458 g/mol. The summed E-state index contributed by atoms with van der Waals surface area (Å²) < 4.78 is 33.4. The molecular formula is C22H43NO3SSi2.